The zero-order chi connectivity index (χ0) is 42.4. The Morgan fingerprint density at radius 2 is 1.66 bits per heavy atom. The van der Waals surface area contributed by atoms with Crippen molar-refractivity contribution in [2.45, 2.75) is 82.4 Å². The number of carbonyl (C=O) groups is 5. The highest BCUT2D eigenvalue weighted by molar-refractivity contribution is 6.31. The number of nitrogens with one attached hydrogen (secondary N) is 2. The number of anilines is 2. The van der Waals surface area contributed by atoms with E-state index in [1.807, 2.05) is 11.0 Å². The molecule has 1 aromatic heterocycles. The van der Waals surface area contributed by atoms with Crippen molar-refractivity contribution >= 4 is 52.6 Å². The molecule has 1 saturated carbocycles. The fraction of sp³-hybridized carbons (Fsp3) is 0.500. The molecule has 17 heteroatoms. The molecule has 9 rings (SSSR count). The van der Waals surface area contributed by atoms with Crippen molar-refractivity contribution in [1.29, 1.82) is 5.26 Å². The van der Waals surface area contributed by atoms with Gasteiger partial charge in [0.05, 0.1) is 33.5 Å². The Kier molecular flexibility index (Phi) is 11.1. The molecule has 3 aromatic rings. The van der Waals surface area contributed by atoms with Gasteiger partial charge in [-0.3, -0.25) is 34.2 Å². The Balaban J connectivity index is 0.720. The van der Waals surface area contributed by atoms with Gasteiger partial charge in [-0.1, -0.05) is 11.6 Å². The van der Waals surface area contributed by atoms with E-state index in [9.17, 15) is 24.0 Å². The number of ether oxygens (including phenoxy) is 1. The van der Waals surface area contributed by atoms with Gasteiger partial charge in [-0.05, 0) is 107 Å². The van der Waals surface area contributed by atoms with Gasteiger partial charge in [0.15, 0.2) is 11.5 Å². The Morgan fingerprint density at radius 3 is 2.36 bits per heavy atom. The molecule has 1 spiro atoms. The first-order valence-electron chi connectivity index (χ1n) is 21.2. The zero-order valence-corrected chi connectivity index (χ0v) is 34.5. The minimum Gasteiger partial charge on any atom is -0.490 e. The quantitative estimate of drug-likeness (QED) is 0.289. The highest BCUT2D eigenvalue weighted by Crippen LogP contribution is 2.42. The van der Waals surface area contributed by atoms with Crippen LogP contribution in [-0.2, 0) is 9.59 Å². The van der Waals surface area contributed by atoms with E-state index in [4.69, 9.17) is 21.6 Å². The summed E-state index contributed by atoms with van der Waals surface area (Å²) in [7, 11) is 0. The summed E-state index contributed by atoms with van der Waals surface area (Å²) in [5.74, 6) is -1.47. The number of hydrogen-bond acceptors (Lipinski definition) is 12. The predicted octanol–water partition coefficient (Wildman–Crippen LogP) is 4.48. The summed E-state index contributed by atoms with van der Waals surface area (Å²) >= 11 is 6.15. The van der Waals surface area contributed by atoms with Gasteiger partial charge in [-0.2, -0.15) is 5.26 Å². The molecule has 2 atom stereocenters. The first-order chi connectivity index (χ1) is 29.5. The lowest BCUT2D eigenvalue weighted by Crippen LogP contribution is -2.54. The molecule has 0 bridgehead atoms. The summed E-state index contributed by atoms with van der Waals surface area (Å²) < 4.78 is 21.6. The van der Waals surface area contributed by atoms with Crippen LogP contribution in [0.25, 0.3) is 0 Å². The molecular weight excluding hydrogens is 805 g/mol. The smallest absolute Gasteiger partial charge is 0.272 e. The number of piperidine rings is 2. The van der Waals surface area contributed by atoms with Gasteiger partial charge in [-0.25, -0.2) is 4.39 Å². The highest BCUT2D eigenvalue weighted by Gasteiger charge is 2.46. The number of hydrogen-bond donors (Lipinski definition) is 2. The van der Waals surface area contributed by atoms with Crippen LogP contribution in [0.4, 0.5) is 15.9 Å². The van der Waals surface area contributed by atoms with Crippen LogP contribution in [0.2, 0.25) is 5.02 Å². The van der Waals surface area contributed by atoms with Gasteiger partial charge < -0.3 is 24.8 Å². The van der Waals surface area contributed by atoms with Gasteiger partial charge in [0.2, 0.25) is 11.8 Å². The number of aromatic nitrogens is 2. The number of fused-ring (bicyclic) bond motifs is 1. The molecule has 15 nitrogen and oxygen atoms in total. The van der Waals surface area contributed by atoms with Crippen molar-refractivity contribution in [2.75, 3.05) is 55.6 Å². The maximum Gasteiger partial charge on any atom is 0.272 e. The molecule has 5 fully saturated rings. The zero-order valence-electron chi connectivity index (χ0n) is 33.7. The van der Waals surface area contributed by atoms with Crippen molar-refractivity contribution in [3.63, 3.8) is 0 Å². The molecule has 318 valence electrons. The second-order valence-electron chi connectivity index (χ2n) is 17.5. The van der Waals surface area contributed by atoms with E-state index in [2.05, 4.69) is 36.7 Å². The van der Waals surface area contributed by atoms with E-state index >= 15 is 4.39 Å². The lowest BCUT2D eigenvalue weighted by Gasteiger charge is -2.36. The number of carbonyl (C=O) groups excluding carboxylic acids is 5. The Bertz CT molecular complexity index is 2310. The van der Waals surface area contributed by atoms with Crippen LogP contribution in [0, 0.1) is 28.5 Å². The summed E-state index contributed by atoms with van der Waals surface area (Å²) in [5, 5.41) is 23.6. The van der Waals surface area contributed by atoms with E-state index in [0.29, 0.717) is 41.0 Å². The van der Waals surface area contributed by atoms with Crippen molar-refractivity contribution < 1.29 is 33.1 Å². The second kappa shape index (κ2) is 16.7. The number of rotatable bonds is 9. The number of imide groups is 2. The third kappa shape index (κ3) is 8.25. The Labute approximate surface area is 357 Å². The van der Waals surface area contributed by atoms with Crippen LogP contribution < -0.4 is 25.2 Å². The van der Waals surface area contributed by atoms with Crippen molar-refractivity contribution in [3.8, 4) is 11.8 Å². The topological polar surface area (TPSA) is 181 Å². The molecule has 61 heavy (non-hydrogen) atoms. The lowest BCUT2D eigenvalue weighted by molar-refractivity contribution is -0.136. The molecule has 5 aliphatic heterocycles. The highest BCUT2D eigenvalue weighted by atomic mass is 35.5. The number of nitriles is 1. The minimum absolute atomic E-state index is 0.00899. The first kappa shape index (κ1) is 40.7. The van der Waals surface area contributed by atoms with E-state index in [0.717, 1.165) is 101 Å². The maximum atomic E-state index is 15.5. The summed E-state index contributed by atoms with van der Waals surface area (Å²) in [6.45, 7) is 5.94. The Morgan fingerprint density at radius 1 is 0.902 bits per heavy atom. The molecule has 0 radical (unpaired) electrons. The molecule has 4 saturated heterocycles. The van der Waals surface area contributed by atoms with Crippen molar-refractivity contribution in [2.24, 2.45) is 11.3 Å². The van der Waals surface area contributed by atoms with Crippen LogP contribution in [0.15, 0.2) is 42.5 Å². The van der Waals surface area contributed by atoms with E-state index < -0.39 is 35.5 Å². The minimum atomic E-state index is -1.10. The van der Waals surface area contributed by atoms with Gasteiger partial charge in [0, 0.05) is 63.2 Å². The maximum absolute atomic E-state index is 15.5. The van der Waals surface area contributed by atoms with Gasteiger partial charge in [0.1, 0.15) is 23.7 Å². The summed E-state index contributed by atoms with van der Waals surface area (Å²) in [5.41, 5.74) is 1.17. The van der Waals surface area contributed by atoms with E-state index in [-0.39, 0.29) is 53.1 Å². The predicted molar refractivity (Wildman–Crippen MR) is 221 cm³/mol. The summed E-state index contributed by atoms with van der Waals surface area (Å²) in [6.07, 6.45) is 7.05. The van der Waals surface area contributed by atoms with Crippen molar-refractivity contribution in [1.82, 2.24) is 30.6 Å². The molecule has 2 aromatic carbocycles. The first-order valence-corrected chi connectivity index (χ1v) is 21.6. The van der Waals surface area contributed by atoms with Crippen LogP contribution in [0.3, 0.4) is 0 Å². The molecule has 2 N–H and O–H groups in total. The largest absolute Gasteiger partial charge is 0.490 e. The summed E-state index contributed by atoms with van der Waals surface area (Å²) in [4.78, 5) is 71.3. The average molecular weight is 852 g/mol. The normalized spacial score (nSPS) is 25.9. The number of benzene rings is 2. The average Bonchev–Trinajstić information content (AvgIpc) is 3.93. The van der Waals surface area contributed by atoms with Crippen LogP contribution in [0.1, 0.15) is 101 Å². The van der Waals surface area contributed by atoms with Crippen molar-refractivity contribution in [3.05, 3.63) is 75.7 Å². The van der Waals surface area contributed by atoms with Crippen LogP contribution in [-0.4, -0.2) is 114 Å². The van der Waals surface area contributed by atoms with Crippen LogP contribution in [0.5, 0.6) is 5.75 Å². The number of amides is 5. The lowest BCUT2D eigenvalue weighted by atomic mass is 9.86. The second-order valence-corrected chi connectivity index (χ2v) is 17.9. The third-order valence-electron chi connectivity index (χ3n) is 13.5. The van der Waals surface area contributed by atoms with Gasteiger partial charge in [-0.15, -0.1) is 10.2 Å². The number of likely N-dealkylation sites (tertiary alicyclic amines) is 1. The molecule has 6 aliphatic rings. The molecule has 1 aliphatic carbocycles. The summed E-state index contributed by atoms with van der Waals surface area (Å²) in [6, 6.07) is 12.2. The number of halogens is 2. The monoisotopic (exact) mass is 851 g/mol. The SMILES string of the molecule is N#Cc1ccc(O[C@H]2CC[C@H](NC(=O)c3ccc(N4CCC5(CCN(CC6CCN(c7cc8c(cc7F)C(=O)N(C7CCC(=O)NC7=O)C8=O)CC6)C5)C4)nn3)CC2)cc1Cl. The molecule has 2 unspecified atom stereocenters. The van der Waals surface area contributed by atoms with E-state index in [1.54, 1.807) is 24.3 Å². The Hall–Kier alpha value is -5.66. The standard InChI is InChI=1S/C44H47ClFN9O6/c45-33-19-30(4-1-27(33)22-47)61-29-5-2-28(3-6-29)48-40(57)35-7-9-38(51-50-35)54-18-14-44(25-54)13-17-52(24-44)23-26-11-15-53(16-12-26)37-21-32-31(20-34(37)46)42(59)55(43(32)60)36-8-10-39(56)49-41(36)58/h1,4,7,9,19-21,26,28-29,36H,2-3,5-6,8,10-18,23-25H2,(H,48,57)(H,49,56,58)/t28-,29-,36?,44?. The van der Waals surface area contributed by atoms with Gasteiger partial charge >= 0.3 is 0 Å². The van der Waals surface area contributed by atoms with Gasteiger partial charge in [0.25, 0.3) is 17.7 Å². The fourth-order valence-corrected chi connectivity index (χ4v) is 10.4. The molecular formula is C44H47ClFN9O6. The van der Waals surface area contributed by atoms with Crippen LogP contribution >= 0.6 is 11.6 Å². The van der Waals surface area contributed by atoms with E-state index in [1.165, 1.54) is 6.07 Å². The molecule has 5 amide bonds. The number of nitrogens with zero attached hydrogens (tertiary/aromatic N) is 7. The molecule has 6 heterocycles. The third-order valence-corrected chi connectivity index (χ3v) is 13.8. The fourth-order valence-electron chi connectivity index (χ4n) is 10.1.